The van der Waals surface area contributed by atoms with Gasteiger partial charge in [-0.1, -0.05) is 19.9 Å². The van der Waals surface area contributed by atoms with Crippen molar-refractivity contribution in [2.45, 2.75) is 40.0 Å². The minimum absolute atomic E-state index is 0.0552. The molecule has 0 heterocycles. The Bertz CT molecular complexity index is 839. The molecular formula is C23H28N2O3. The van der Waals surface area contributed by atoms with Crippen LogP contribution in [0, 0.1) is 18.8 Å². The van der Waals surface area contributed by atoms with Crippen molar-refractivity contribution in [1.82, 2.24) is 0 Å². The van der Waals surface area contributed by atoms with Crippen LogP contribution < -0.4 is 15.4 Å². The molecule has 148 valence electrons. The van der Waals surface area contributed by atoms with Crippen LogP contribution in [-0.4, -0.2) is 18.4 Å². The first-order valence-electron chi connectivity index (χ1n) is 9.88. The Hall–Kier alpha value is -2.82. The predicted molar refractivity (Wildman–Crippen MR) is 112 cm³/mol. The zero-order valence-electron chi connectivity index (χ0n) is 16.7. The fourth-order valence-electron chi connectivity index (χ4n) is 2.73. The van der Waals surface area contributed by atoms with E-state index in [9.17, 15) is 9.59 Å². The van der Waals surface area contributed by atoms with Gasteiger partial charge in [0, 0.05) is 22.9 Å². The molecule has 2 N–H and O–H groups in total. The largest absolute Gasteiger partial charge is 0.494 e. The summed E-state index contributed by atoms with van der Waals surface area (Å²) in [4.78, 5) is 24.5. The number of hydrogen-bond donors (Lipinski definition) is 2. The number of hydrogen-bond acceptors (Lipinski definition) is 3. The molecule has 0 aliphatic heterocycles. The molecule has 5 heteroatoms. The number of nitrogens with one attached hydrogen (secondary N) is 2. The molecule has 0 atom stereocenters. The van der Waals surface area contributed by atoms with Crippen LogP contribution >= 0.6 is 0 Å². The zero-order valence-corrected chi connectivity index (χ0v) is 16.7. The van der Waals surface area contributed by atoms with Gasteiger partial charge in [-0.2, -0.15) is 0 Å². The van der Waals surface area contributed by atoms with Crippen molar-refractivity contribution in [3.8, 4) is 5.75 Å². The molecule has 5 nitrogen and oxygen atoms in total. The molecule has 1 aliphatic carbocycles. The third kappa shape index (κ3) is 5.59. The van der Waals surface area contributed by atoms with E-state index < -0.39 is 0 Å². The first-order chi connectivity index (χ1) is 13.4. The second kappa shape index (κ2) is 8.91. The number of carbonyl (C=O) groups excluding carboxylic acids is 2. The first kappa shape index (κ1) is 19.9. The van der Waals surface area contributed by atoms with E-state index in [-0.39, 0.29) is 17.7 Å². The molecule has 0 radical (unpaired) electrons. The Morgan fingerprint density at radius 2 is 1.79 bits per heavy atom. The molecular weight excluding hydrogens is 352 g/mol. The van der Waals surface area contributed by atoms with Crippen molar-refractivity contribution in [2.24, 2.45) is 11.8 Å². The monoisotopic (exact) mass is 380 g/mol. The summed E-state index contributed by atoms with van der Waals surface area (Å²) in [6.45, 7) is 6.92. The average Bonchev–Trinajstić information content (AvgIpc) is 3.50. The van der Waals surface area contributed by atoms with Gasteiger partial charge in [0.05, 0.1) is 6.61 Å². The van der Waals surface area contributed by atoms with Crippen molar-refractivity contribution in [3.63, 3.8) is 0 Å². The maximum Gasteiger partial charge on any atom is 0.255 e. The minimum Gasteiger partial charge on any atom is -0.494 e. The lowest BCUT2D eigenvalue weighted by Crippen LogP contribution is -2.15. The number of aryl methyl sites for hydroxylation is 1. The van der Waals surface area contributed by atoms with Crippen molar-refractivity contribution < 1.29 is 14.3 Å². The number of rotatable bonds is 8. The molecule has 2 amide bonds. The van der Waals surface area contributed by atoms with Gasteiger partial charge in [-0.05, 0) is 74.1 Å². The highest BCUT2D eigenvalue weighted by Gasteiger charge is 2.29. The molecule has 1 saturated carbocycles. The fraction of sp³-hybridized carbons (Fsp3) is 0.391. The number of carbonyl (C=O) groups is 2. The second-order valence-corrected chi connectivity index (χ2v) is 7.80. The highest BCUT2D eigenvalue weighted by molar-refractivity contribution is 6.05. The van der Waals surface area contributed by atoms with Crippen LogP contribution in [0.4, 0.5) is 11.4 Å². The molecule has 0 unspecified atom stereocenters. The second-order valence-electron chi connectivity index (χ2n) is 7.80. The van der Waals surface area contributed by atoms with E-state index in [1.54, 1.807) is 18.2 Å². The van der Waals surface area contributed by atoms with Gasteiger partial charge in [-0.15, -0.1) is 0 Å². The molecule has 2 aromatic rings. The van der Waals surface area contributed by atoms with E-state index in [4.69, 9.17) is 4.74 Å². The maximum atomic E-state index is 12.5. The van der Waals surface area contributed by atoms with Crippen LogP contribution in [0.2, 0.25) is 0 Å². The van der Waals surface area contributed by atoms with Gasteiger partial charge in [0.25, 0.3) is 5.91 Å². The highest BCUT2D eigenvalue weighted by atomic mass is 16.5. The number of ether oxygens (including phenoxy) is 1. The number of anilines is 2. The quantitative estimate of drug-likeness (QED) is 0.676. The van der Waals surface area contributed by atoms with E-state index in [2.05, 4.69) is 24.5 Å². The SMILES string of the molecule is Cc1ccc(NC(=O)c2ccc(OCCC(C)C)cc2)cc1NC(=O)C1CC1. The molecule has 3 rings (SSSR count). The summed E-state index contributed by atoms with van der Waals surface area (Å²) in [6.07, 6.45) is 2.91. The Morgan fingerprint density at radius 1 is 1.07 bits per heavy atom. The summed E-state index contributed by atoms with van der Waals surface area (Å²) in [6, 6.07) is 12.7. The summed E-state index contributed by atoms with van der Waals surface area (Å²) in [5, 5.41) is 5.84. The molecule has 0 bridgehead atoms. The van der Waals surface area contributed by atoms with Crippen molar-refractivity contribution >= 4 is 23.2 Å². The highest BCUT2D eigenvalue weighted by Crippen LogP contribution is 2.31. The molecule has 1 fully saturated rings. The van der Waals surface area contributed by atoms with E-state index >= 15 is 0 Å². The van der Waals surface area contributed by atoms with E-state index in [1.165, 1.54) is 0 Å². The molecule has 0 spiro atoms. The predicted octanol–water partition coefficient (Wildman–Crippen LogP) is 5.02. The Kier molecular flexibility index (Phi) is 6.34. The van der Waals surface area contributed by atoms with Gasteiger partial charge in [0.2, 0.25) is 5.91 Å². The van der Waals surface area contributed by atoms with Crippen LogP contribution in [0.1, 0.15) is 49.0 Å². The summed E-state index contributed by atoms with van der Waals surface area (Å²) in [5.74, 6) is 1.35. The molecule has 0 saturated heterocycles. The van der Waals surface area contributed by atoms with Gasteiger partial charge < -0.3 is 15.4 Å². The smallest absolute Gasteiger partial charge is 0.255 e. The van der Waals surface area contributed by atoms with Crippen LogP contribution in [0.25, 0.3) is 0 Å². The number of benzene rings is 2. The minimum atomic E-state index is -0.197. The lowest BCUT2D eigenvalue weighted by molar-refractivity contribution is -0.117. The molecule has 0 aromatic heterocycles. The lowest BCUT2D eigenvalue weighted by atomic mass is 10.1. The van der Waals surface area contributed by atoms with Gasteiger partial charge in [-0.3, -0.25) is 9.59 Å². The Morgan fingerprint density at radius 3 is 2.43 bits per heavy atom. The summed E-state index contributed by atoms with van der Waals surface area (Å²) in [5.41, 5.74) is 2.91. The van der Waals surface area contributed by atoms with E-state index in [1.807, 2.05) is 31.2 Å². The lowest BCUT2D eigenvalue weighted by Gasteiger charge is -2.12. The third-order valence-electron chi connectivity index (χ3n) is 4.78. The molecule has 1 aliphatic rings. The van der Waals surface area contributed by atoms with Gasteiger partial charge in [-0.25, -0.2) is 0 Å². The first-order valence-corrected chi connectivity index (χ1v) is 9.88. The van der Waals surface area contributed by atoms with Crippen LogP contribution in [-0.2, 0) is 4.79 Å². The van der Waals surface area contributed by atoms with Crippen molar-refractivity contribution in [3.05, 3.63) is 53.6 Å². The maximum absolute atomic E-state index is 12.5. The summed E-state index contributed by atoms with van der Waals surface area (Å²) in [7, 11) is 0. The molecule has 28 heavy (non-hydrogen) atoms. The summed E-state index contributed by atoms with van der Waals surface area (Å²) < 4.78 is 5.69. The van der Waals surface area contributed by atoms with Crippen LogP contribution in [0.3, 0.4) is 0 Å². The van der Waals surface area contributed by atoms with Crippen molar-refractivity contribution in [2.75, 3.05) is 17.2 Å². The van der Waals surface area contributed by atoms with Crippen LogP contribution in [0.15, 0.2) is 42.5 Å². The zero-order chi connectivity index (χ0) is 20.1. The van der Waals surface area contributed by atoms with Gasteiger partial charge >= 0.3 is 0 Å². The van der Waals surface area contributed by atoms with Crippen molar-refractivity contribution in [1.29, 1.82) is 0 Å². The topological polar surface area (TPSA) is 67.4 Å². The molecule has 2 aromatic carbocycles. The third-order valence-corrected chi connectivity index (χ3v) is 4.78. The fourth-order valence-corrected chi connectivity index (χ4v) is 2.73. The average molecular weight is 380 g/mol. The number of amides is 2. The van der Waals surface area contributed by atoms with Gasteiger partial charge in [0.1, 0.15) is 5.75 Å². The summed E-state index contributed by atoms with van der Waals surface area (Å²) >= 11 is 0. The Balaban J connectivity index is 1.60. The van der Waals surface area contributed by atoms with E-state index in [0.29, 0.717) is 23.8 Å². The van der Waals surface area contributed by atoms with E-state index in [0.717, 1.165) is 36.3 Å². The Labute approximate surface area is 166 Å². The standard InChI is InChI=1S/C23H28N2O3/c1-15(2)12-13-28-20-10-7-18(8-11-20)22(26)24-19-9-4-16(3)21(14-19)25-23(27)17-5-6-17/h4,7-11,14-15,17H,5-6,12-13H2,1-3H3,(H,24,26)(H,25,27). The normalized spacial score (nSPS) is 13.3. The van der Waals surface area contributed by atoms with Gasteiger partial charge in [0.15, 0.2) is 0 Å². The van der Waals surface area contributed by atoms with Crippen LogP contribution in [0.5, 0.6) is 5.75 Å².